The van der Waals surface area contributed by atoms with Gasteiger partial charge >= 0.3 is 11.6 Å². The maximum Gasteiger partial charge on any atom is 0.383 e. The molecule has 0 saturated heterocycles. The van der Waals surface area contributed by atoms with Gasteiger partial charge in [-0.05, 0) is 31.9 Å². The summed E-state index contributed by atoms with van der Waals surface area (Å²) in [6.45, 7) is 6.56. The van der Waals surface area contributed by atoms with Crippen LogP contribution in [0.3, 0.4) is 0 Å². The molecule has 1 atom stereocenters. The lowest BCUT2D eigenvalue weighted by atomic mass is 10.1. The van der Waals surface area contributed by atoms with Crippen LogP contribution in [0.2, 0.25) is 0 Å². The topological polar surface area (TPSA) is 95.2 Å². The van der Waals surface area contributed by atoms with Gasteiger partial charge in [0.15, 0.2) is 5.75 Å². The Morgan fingerprint density at radius 3 is 2.62 bits per heavy atom. The van der Waals surface area contributed by atoms with Crippen molar-refractivity contribution >= 4 is 16.9 Å². The first-order chi connectivity index (χ1) is 14.0. The summed E-state index contributed by atoms with van der Waals surface area (Å²) in [4.78, 5) is 24.1. The Kier molecular flexibility index (Phi) is 8.83. The van der Waals surface area contributed by atoms with E-state index >= 15 is 0 Å². The molecule has 1 aromatic heterocycles. The van der Waals surface area contributed by atoms with Crippen LogP contribution in [0.25, 0.3) is 11.0 Å². The van der Waals surface area contributed by atoms with Crippen LogP contribution in [0.4, 0.5) is 0 Å². The molecule has 0 saturated carbocycles. The van der Waals surface area contributed by atoms with Crippen LogP contribution < -0.4 is 15.1 Å². The van der Waals surface area contributed by atoms with Crippen molar-refractivity contribution in [2.24, 2.45) is 5.92 Å². The van der Waals surface area contributed by atoms with Gasteiger partial charge in [-0.15, -0.1) is 0 Å². The highest BCUT2D eigenvalue weighted by atomic mass is 16.5. The first kappa shape index (κ1) is 22.6. The van der Waals surface area contributed by atoms with Crippen molar-refractivity contribution in [2.75, 3.05) is 19.8 Å². The van der Waals surface area contributed by atoms with E-state index in [0.717, 1.165) is 25.7 Å². The molecule has 0 aliphatic carbocycles. The maximum absolute atomic E-state index is 12.2. The molecule has 2 aromatic rings. The van der Waals surface area contributed by atoms with Crippen LogP contribution in [0.5, 0.6) is 17.2 Å². The lowest BCUT2D eigenvalue weighted by molar-refractivity contribution is -0.149. The summed E-state index contributed by atoms with van der Waals surface area (Å²) in [5.41, 5.74) is -0.548. The fourth-order valence-electron chi connectivity index (χ4n) is 2.88. The monoisotopic (exact) mass is 406 g/mol. The summed E-state index contributed by atoms with van der Waals surface area (Å²) in [5, 5.41) is 10.8. The molecule has 0 amide bonds. The molecule has 29 heavy (non-hydrogen) atoms. The zero-order chi connectivity index (χ0) is 21.2. The molecule has 7 nitrogen and oxygen atoms in total. The number of benzene rings is 1. The third kappa shape index (κ3) is 6.14. The predicted octanol–water partition coefficient (Wildman–Crippen LogP) is 4.43. The van der Waals surface area contributed by atoms with Crippen molar-refractivity contribution in [3.05, 3.63) is 28.6 Å². The number of fused-ring (bicyclic) bond motifs is 1. The Hall–Kier alpha value is -2.70. The Morgan fingerprint density at radius 2 is 1.93 bits per heavy atom. The lowest BCUT2D eigenvalue weighted by Gasteiger charge is -2.15. The highest BCUT2D eigenvalue weighted by Gasteiger charge is 2.20. The van der Waals surface area contributed by atoms with E-state index < -0.39 is 5.63 Å². The number of hydrogen-bond acceptors (Lipinski definition) is 7. The standard InChI is InChI=1S/C22H30O7/c1-4-7-8-9-12-27-20-19(23)17-11-10-16(13-18(17)29-22(20)25)28-14-15(5-2)21(24)26-6-3/h10-11,13,15,23H,4-9,12,14H2,1-3H3. The summed E-state index contributed by atoms with van der Waals surface area (Å²) in [6, 6.07) is 4.75. The van der Waals surface area contributed by atoms with Gasteiger partial charge in [-0.1, -0.05) is 33.1 Å². The number of unbranched alkanes of at least 4 members (excludes halogenated alkanes) is 3. The average Bonchev–Trinajstić information content (AvgIpc) is 2.70. The molecule has 0 spiro atoms. The molecule has 160 valence electrons. The highest BCUT2D eigenvalue weighted by molar-refractivity contribution is 5.86. The zero-order valence-electron chi connectivity index (χ0n) is 17.4. The SMILES string of the molecule is CCCCCCOc1c(O)c2ccc(OCC(CC)C(=O)OCC)cc2oc1=O. The van der Waals surface area contributed by atoms with Gasteiger partial charge in [0.25, 0.3) is 0 Å². The fourth-order valence-corrected chi connectivity index (χ4v) is 2.88. The summed E-state index contributed by atoms with van der Waals surface area (Å²) >= 11 is 0. The molecule has 1 unspecified atom stereocenters. The van der Waals surface area contributed by atoms with Crippen LogP contribution in [0.15, 0.2) is 27.4 Å². The fraction of sp³-hybridized carbons (Fsp3) is 0.545. The van der Waals surface area contributed by atoms with Crippen LogP contribution in [-0.2, 0) is 9.53 Å². The van der Waals surface area contributed by atoms with Crippen LogP contribution in [0.1, 0.15) is 52.9 Å². The number of hydrogen-bond donors (Lipinski definition) is 1. The van der Waals surface area contributed by atoms with Crippen LogP contribution >= 0.6 is 0 Å². The Morgan fingerprint density at radius 1 is 1.14 bits per heavy atom. The minimum atomic E-state index is -0.736. The number of carbonyl (C=O) groups is 1. The second-order valence-electron chi connectivity index (χ2n) is 6.80. The summed E-state index contributed by atoms with van der Waals surface area (Å²) in [5.74, 6) is -0.668. The molecule has 0 fully saturated rings. The maximum atomic E-state index is 12.2. The van der Waals surface area contributed by atoms with Gasteiger partial charge in [-0.25, -0.2) is 4.79 Å². The third-order valence-electron chi connectivity index (χ3n) is 4.62. The molecular formula is C22H30O7. The van der Waals surface area contributed by atoms with Crippen molar-refractivity contribution in [3.63, 3.8) is 0 Å². The van der Waals surface area contributed by atoms with Crippen molar-refractivity contribution in [1.82, 2.24) is 0 Å². The highest BCUT2D eigenvalue weighted by Crippen LogP contribution is 2.33. The first-order valence-electron chi connectivity index (χ1n) is 10.2. The molecule has 1 aromatic carbocycles. The zero-order valence-corrected chi connectivity index (χ0v) is 17.4. The van der Waals surface area contributed by atoms with Gasteiger partial charge in [0.2, 0.25) is 5.75 Å². The smallest absolute Gasteiger partial charge is 0.383 e. The van der Waals surface area contributed by atoms with E-state index in [1.165, 1.54) is 6.07 Å². The van der Waals surface area contributed by atoms with E-state index in [0.29, 0.717) is 30.8 Å². The summed E-state index contributed by atoms with van der Waals surface area (Å²) in [6.07, 6.45) is 4.59. The van der Waals surface area contributed by atoms with Gasteiger partial charge in [-0.3, -0.25) is 4.79 Å². The second kappa shape index (κ2) is 11.3. The van der Waals surface area contributed by atoms with Gasteiger partial charge in [-0.2, -0.15) is 0 Å². The number of aromatic hydroxyl groups is 1. The Balaban J connectivity index is 2.11. The summed E-state index contributed by atoms with van der Waals surface area (Å²) in [7, 11) is 0. The largest absolute Gasteiger partial charge is 0.504 e. The average molecular weight is 406 g/mol. The molecule has 1 heterocycles. The van der Waals surface area contributed by atoms with E-state index in [9.17, 15) is 14.7 Å². The van der Waals surface area contributed by atoms with Gasteiger partial charge in [0.05, 0.1) is 24.5 Å². The quantitative estimate of drug-likeness (QED) is 0.316. The van der Waals surface area contributed by atoms with Crippen molar-refractivity contribution < 1.29 is 28.5 Å². The molecule has 0 radical (unpaired) electrons. The molecular weight excluding hydrogens is 376 g/mol. The predicted molar refractivity (Wildman–Crippen MR) is 110 cm³/mol. The van der Waals surface area contributed by atoms with Gasteiger partial charge < -0.3 is 23.7 Å². The van der Waals surface area contributed by atoms with Crippen LogP contribution in [-0.4, -0.2) is 30.9 Å². The Labute approximate surface area is 170 Å². The summed E-state index contributed by atoms with van der Waals surface area (Å²) < 4.78 is 21.5. The van der Waals surface area contributed by atoms with E-state index in [-0.39, 0.29) is 35.6 Å². The molecule has 2 rings (SSSR count). The first-order valence-corrected chi connectivity index (χ1v) is 10.2. The molecule has 1 N–H and O–H groups in total. The van der Waals surface area contributed by atoms with E-state index in [4.69, 9.17) is 18.6 Å². The van der Waals surface area contributed by atoms with Crippen molar-refractivity contribution in [1.29, 1.82) is 0 Å². The molecule has 0 aliphatic rings. The Bertz CT molecular complexity index is 856. The second-order valence-corrected chi connectivity index (χ2v) is 6.80. The van der Waals surface area contributed by atoms with E-state index in [1.807, 2.05) is 6.92 Å². The van der Waals surface area contributed by atoms with Crippen molar-refractivity contribution in [3.8, 4) is 17.2 Å². The van der Waals surface area contributed by atoms with Crippen molar-refractivity contribution in [2.45, 2.75) is 52.9 Å². The molecule has 7 heteroatoms. The molecule has 0 aliphatic heterocycles. The van der Waals surface area contributed by atoms with E-state index in [2.05, 4.69) is 6.92 Å². The molecule has 0 bridgehead atoms. The minimum absolute atomic E-state index is 0.149. The number of ether oxygens (including phenoxy) is 3. The van der Waals surface area contributed by atoms with E-state index in [1.54, 1.807) is 19.1 Å². The lowest BCUT2D eigenvalue weighted by Crippen LogP contribution is -2.23. The van der Waals surface area contributed by atoms with Gasteiger partial charge in [0.1, 0.15) is 17.9 Å². The normalized spacial score (nSPS) is 12.0. The number of esters is 1. The van der Waals surface area contributed by atoms with Gasteiger partial charge in [0, 0.05) is 6.07 Å². The number of carbonyl (C=O) groups excluding carboxylic acids is 1. The van der Waals surface area contributed by atoms with Crippen LogP contribution in [0, 0.1) is 5.92 Å². The third-order valence-corrected chi connectivity index (χ3v) is 4.62. The minimum Gasteiger partial charge on any atom is -0.504 e. The number of rotatable bonds is 12.